The molecule has 0 spiro atoms. The van der Waals surface area contributed by atoms with E-state index in [2.05, 4.69) is 24.1 Å². The molecule has 2 aliphatic rings. The molecular formula is C20H23ClN2O2. The molecule has 5 heteroatoms. The van der Waals surface area contributed by atoms with Crippen molar-refractivity contribution in [2.45, 2.75) is 18.8 Å². The number of amides is 1. The highest BCUT2D eigenvalue weighted by Crippen LogP contribution is 2.42. The monoisotopic (exact) mass is 358 g/mol. The average Bonchev–Trinajstić information content (AvgIpc) is 3.05. The van der Waals surface area contributed by atoms with Crippen molar-refractivity contribution in [1.82, 2.24) is 9.80 Å². The number of nitrogens with zero attached hydrogens (tertiary/aromatic N) is 2. The third-order valence-electron chi connectivity index (χ3n) is 5.45. The van der Waals surface area contributed by atoms with E-state index in [-0.39, 0.29) is 6.09 Å². The molecule has 0 unspecified atom stereocenters. The van der Waals surface area contributed by atoms with Crippen molar-refractivity contribution in [2.75, 3.05) is 39.1 Å². The molecule has 1 fully saturated rings. The second-order valence-corrected chi connectivity index (χ2v) is 7.35. The molecule has 0 radical (unpaired) electrons. The predicted octanol–water partition coefficient (Wildman–Crippen LogP) is 3.85. The van der Waals surface area contributed by atoms with Gasteiger partial charge >= 0.3 is 6.09 Å². The van der Waals surface area contributed by atoms with Gasteiger partial charge in [0.2, 0.25) is 0 Å². The summed E-state index contributed by atoms with van der Waals surface area (Å²) in [5, 5.41) is 2.17. The Morgan fingerprint density at radius 2 is 1.92 bits per heavy atom. The standard InChI is InChI=1S/C20H23ClN2O2/c1-22-8-10-23(11-9-22)20(24)25-18-12-14-6-7-15(13-21)19(14)17-5-3-2-4-16(17)18/h2-5,12,15H,6-11,13H2,1H3/t15-/m0/s1. The SMILES string of the molecule is CN1CCN(C(=O)Oc2cc3c(c4ccccc24)[C@H](CCl)CC3)CC1. The first-order valence-corrected chi connectivity index (χ1v) is 9.46. The highest BCUT2D eigenvalue weighted by atomic mass is 35.5. The number of piperazine rings is 1. The third-order valence-corrected chi connectivity index (χ3v) is 5.82. The molecular weight excluding hydrogens is 336 g/mol. The van der Waals surface area contributed by atoms with Gasteiger partial charge in [-0.25, -0.2) is 4.79 Å². The Hall–Kier alpha value is -1.78. The number of alkyl halides is 1. The Balaban J connectivity index is 1.67. The topological polar surface area (TPSA) is 32.8 Å². The zero-order valence-corrected chi connectivity index (χ0v) is 15.3. The van der Waals surface area contributed by atoms with Gasteiger partial charge < -0.3 is 14.5 Å². The molecule has 132 valence electrons. The van der Waals surface area contributed by atoms with Crippen LogP contribution in [0.5, 0.6) is 5.75 Å². The molecule has 2 aromatic carbocycles. The second kappa shape index (κ2) is 6.85. The summed E-state index contributed by atoms with van der Waals surface area (Å²) in [5.74, 6) is 1.70. The molecule has 2 aromatic rings. The minimum Gasteiger partial charge on any atom is -0.410 e. The van der Waals surface area contributed by atoms with E-state index < -0.39 is 0 Å². The van der Waals surface area contributed by atoms with Crippen LogP contribution in [0.2, 0.25) is 0 Å². The summed E-state index contributed by atoms with van der Waals surface area (Å²) < 4.78 is 5.83. The van der Waals surface area contributed by atoms with Crippen molar-refractivity contribution < 1.29 is 9.53 Å². The molecule has 1 aliphatic heterocycles. The van der Waals surface area contributed by atoms with Gasteiger partial charge in [-0.2, -0.15) is 0 Å². The van der Waals surface area contributed by atoms with Crippen molar-refractivity contribution in [3.63, 3.8) is 0 Å². The van der Waals surface area contributed by atoms with Crippen LogP contribution in [-0.2, 0) is 6.42 Å². The number of fused-ring (bicyclic) bond motifs is 3. The van der Waals surface area contributed by atoms with E-state index >= 15 is 0 Å². The van der Waals surface area contributed by atoms with Crippen LogP contribution in [0.1, 0.15) is 23.5 Å². The van der Waals surface area contributed by atoms with Crippen molar-refractivity contribution in [3.8, 4) is 5.75 Å². The fourth-order valence-corrected chi connectivity index (χ4v) is 4.28. The minimum absolute atomic E-state index is 0.245. The molecule has 4 rings (SSSR count). The molecule has 0 saturated carbocycles. The van der Waals surface area contributed by atoms with Gasteiger partial charge in [-0.3, -0.25) is 0 Å². The maximum absolute atomic E-state index is 12.6. The number of aryl methyl sites for hydroxylation is 1. The van der Waals surface area contributed by atoms with Gasteiger partial charge in [0.1, 0.15) is 5.75 Å². The first-order chi connectivity index (χ1) is 12.2. The molecule has 4 nitrogen and oxygen atoms in total. The van der Waals surface area contributed by atoms with E-state index in [4.69, 9.17) is 16.3 Å². The number of ether oxygens (including phenoxy) is 1. The molecule has 0 N–H and O–H groups in total. The molecule has 25 heavy (non-hydrogen) atoms. The van der Waals surface area contributed by atoms with Crippen molar-refractivity contribution in [3.05, 3.63) is 41.5 Å². The molecule has 1 atom stereocenters. The first-order valence-electron chi connectivity index (χ1n) is 8.93. The summed E-state index contributed by atoms with van der Waals surface area (Å²) in [6.45, 7) is 3.20. The summed E-state index contributed by atoms with van der Waals surface area (Å²) in [4.78, 5) is 16.6. The van der Waals surface area contributed by atoms with E-state index in [1.54, 1.807) is 4.90 Å². The maximum Gasteiger partial charge on any atom is 0.415 e. The number of carbonyl (C=O) groups is 1. The van der Waals surface area contributed by atoms with Gasteiger partial charge in [0.25, 0.3) is 0 Å². The smallest absolute Gasteiger partial charge is 0.410 e. The lowest BCUT2D eigenvalue weighted by Crippen LogP contribution is -2.48. The van der Waals surface area contributed by atoms with E-state index in [9.17, 15) is 4.79 Å². The molecule has 0 bridgehead atoms. The Morgan fingerprint density at radius 1 is 1.20 bits per heavy atom. The van der Waals surface area contributed by atoms with Crippen LogP contribution >= 0.6 is 11.6 Å². The summed E-state index contributed by atoms with van der Waals surface area (Å²) in [6.07, 6.45) is 1.82. The number of likely N-dealkylation sites (N-methyl/N-ethyl adjacent to an activating group) is 1. The summed E-state index contributed by atoms with van der Waals surface area (Å²) >= 11 is 6.18. The van der Waals surface area contributed by atoms with E-state index in [1.807, 2.05) is 18.2 Å². The predicted molar refractivity (Wildman–Crippen MR) is 101 cm³/mol. The van der Waals surface area contributed by atoms with Gasteiger partial charge in [-0.15, -0.1) is 11.6 Å². The Labute approximate surface area is 153 Å². The molecule has 0 aromatic heterocycles. The first kappa shape index (κ1) is 16.7. The zero-order valence-electron chi connectivity index (χ0n) is 14.5. The van der Waals surface area contributed by atoms with Gasteiger partial charge in [0.15, 0.2) is 0 Å². The molecule has 1 amide bonds. The van der Waals surface area contributed by atoms with Crippen molar-refractivity contribution >= 4 is 28.5 Å². The van der Waals surface area contributed by atoms with Crippen LogP contribution in [0.15, 0.2) is 30.3 Å². The van der Waals surface area contributed by atoms with Crippen LogP contribution in [0.4, 0.5) is 4.79 Å². The lowest BCUT2D eigenvalue weighted by molar-refractivity contribution is 0.121. The normalized spacial score (nSPS) is 20.7. The van der Waals surface area contributed by atoms with E-state index in [1.165, 1.54) is 16.5 Å². The number of hydrogen-bond donors (Lipinski definition) is 0. The van der Waals surface area contributed by atoms with Gasteiger partial charge in [0.05, 0.1) is 0 Å². The molecule has 1 saturated heterocycles. The Morgan fingerprint density at radius 3 is 2.64 bits per heavy atom. The molecule has 1 heterocycles. The van der Waals surface area contributed by atoms with E-state index in [0.717, 1.165) is 31.3 Å². The van der Waals surface area contributed by atoms with Crippen LogP contribution in [0.3, 0.4) is 0 Å². The lowest BCUT2D eigenvalue weighted by atomic mass is 9.95. The van der Waals surface area contributed by atoms with Crippen molar-refractivity contribution in [2.24, 2.45) is 0 Å². The van der Waals surface area contributed by atoms with Gasteiger partial charge in [-0.1, -0.05) is 24.3 Å². The maximum atomic E-state index is 12.6. The van der Waals surface area contributed by atoms with E-state index in [0.29, 0.717) is 30.6 Å². The number of benzene rings is 2. The van der Waals surface area contributed by atoms with Crippen LogP contribution < -0.4 is 4.74 Å². The number of halogens is 1. The Kier molecular flexibility index (Phi) is 4.57. The van der Waals surface area contributed by atoms with Crippen LogP contribution in [0, 0.1) is 0 Å². The van der Waals surface area contributed by atoms with Crippen LogP contribution in [-0.4, -0.2) is 55.0 Å². The summed E-state index contributed by atoms with van der Waals surface area (Å²) in [7, 11) is 2.07. The van der Waals surface area contributed by atoms with Crippen molar-refractivity contribution in [1.29, 1.82) is 0 Å². The zero-order chi connectivity index (χ0) is 17.4. The minimum atomic E-state index is -0.245. The largest absolute Gasteiger partial charge is 0.415 e. The number of rotatable bonds is 2. The fraction of sp³-hybridized carbons (Fsp3) is 0.450. The Bertz CT molecular complexity index is 800. The highest BCUT2D eigenvalue weighted by molar-refractivity contribution is 6.18. The lowest BCUT2D eigenvalue weighted by Gasteiger charge is -2.31. The average molecular weight is 359 g/mol. The van der Waals surface area contributed by atoms with Gasteiger partial charge in [-0.05, 0) is 48.4 Å². The second-order valence-electron chi connectivity index (χ2n) is 7.04. The third kappa shape index (κ3) is 3.09. The summed E-state index contributed by atoms with van der Waals surface area (Å²) in [6, 6.07) is 10.2. The quantitative estimate of drug-likeness (QED) is 0.764. The van der Waals surface area contributed by atoms with Crippen LogP contribution in [0.25, 0.3) is 10.8 Å². The number of carbonyl (C=O) groups excluding carboxylic acids is 1. The number of hydrogen-bond acceptors (Lipinski definition) is 3. The van der Waals surface area contributed by atoms with Gasteiger partial charge in [0, 0.05) is 37.4 Å². The summed E-state index contributed by atoms with van der Waals surface area (Å²) in [5.41, 5.74) is 2.61. The highest BCUT2D eigenvalue weighted by Gasteiger charge is 2.27. The molecule has 1 aliphatic carbocycles. The fourth-order valence-electron chi connectivity index (χ4n) is 3.97.